The van der Waals surface area contributed by atoms with E-state index in [0.717, 1.165) is 28.1 Å². The summed E-state index contributed by atoms with van der Waals surface area (Å²) in [4.78, 5) is 4.62. The highest BCUT2D eigenvalue weighted by Crippen LogP contribution is 2.30. The first-order chi connectivity index (χ1) is 9.61. The van der Waals surface area contributed by atoms with E-state index in [1.165, 1.54) is 5.56 Å². The number of hydrogen-bond donors (Lipinski definition) is 0. The second kappa shape index (κ2) is 5.12. The van der Waals surface area contributed by atoms with E-state index in [0.29, 0.717) is 10.9 Å². The second-order valence-electron chi connectivity index (χ2n) is 4.89. The molecule has 0 atom stereocenters. The van der Waals surface area contributed by atoms with Gasteiger partial charge in [-0.25, -0.2) is 4.98 Å². The van der Waals surface area contributed by atoms with E-state index in [1.54, 1.807) is 0 Å². The summed E-state index contributed by atoms with van der Waals surface area (Å²) in [5.74, 6) is 1.15. The van der Waals surface area contributed by atoms with Gasteiger partial charge in [-0.05, 0) is 43.2 Å². The molecule has 0 N–H and O–H groups in total. The number of halogens is 2. The number of imidazole rings is 1. The lowest BCUT2D eigenvalue weighted by Crippen LogP contribution is -2.02. The minimum absolute atomic E-state index is 0.346. The van der Waals surface area contributed by atoms with Gasteiger partial charge in [0.05, 0.1) is 27.6 Å². The molecule has 4 heteroatoms. The summed E-state index contributed by atoms with van der Waals surface area (Å²) in [6.45, 7) is 4.10. The van der Waals surface area contributed by atoms with E-state index in [4.69, 9.17) is 23.2 Å². The molecule has 3 aromatic rings. The summed E-state index contributed by atoms with van der Waals surface area (Å²) in [6.07, 6.45) is 0. The van der Waals surface area contributed by atoms with Gasteiger partial charge in [0.25, 0.3) is 0 Å². The molecule has 0 bridgehead atoms. The van der Waals surface area contributed by atoms with Crippen LogP contribution in [-0.2, 0) is 5.88 Å². The third-order valence-electron chi connectivity index (χ3n) is 3.41. The molecule has 2 nitrogen and oxygen atoms in total. The second-order valence-corrected chi connectivity index (χ2v) is 5.57. The van der Waals surface area contributed by atoms with Gasteiger partial charge < -0.3 is 0 Å². The zero-order valence-corrected chi connectivity index (χ0v) is 12.8. The van der Waals surface area contributed by atoms with Crippen molar-refractivity contribution in [1.82, 2.24) is 9.55 Å². The quantitative estimate of drug-likeness (QED) is 0.607. The summed E-state index contributed by atoms with van der Waals surface area (Å²) >= 11 is 12.5. The lowest BCUT2D eigenvalue weighted by atomic mass is 10.2. The Morgan fingerprint density at radius 1 is 1.15 bits per heavy atom. The van der Waals surface area contributed by atoms with Crippen molar-refractivity contribution in [3.63, 3.8) is 0 Å². The van der Waals surface area contributed by atoms with Crippen LogP contribution in [0.1, 0.15) is 17.0 Å². The topological polar surface area (TPSA) is 17.8 Å². The van der Waals surface area contributed by atoms with Gasteiger partial charge >= 0.3 is 0 Å². The zero-order chi connectivity index (χ0) is 14.3. The zero-order valence-electron chi connectivity index (χ0n) is 11.3. The standard InChI is InChI=1S/C16H14Cl2N2/c1-10-6-7-14-13(8-10)19-15(9-17)20(14)16-11(2)4-3-5-12(16)18/h3-8H,9H2,1-2H3. The van der Waals surface area contributed by atoms with Gasteiger partial charge in [0, 0.05) is 0 Å². The number of hydrogen-bond acceptors (Lipinski definition) is 1. The molecule has 0 saturated carbocycles. The Balaban J connectivity index is 2.40. The molecule has 0 unspecified atom stereocenters. The molecule has 0 radical (unpaired) electrons. The summed E-state index contributed by atoms with van der Waals surface area (Å²) in [6, 6.07) is 12.1. The van der Waals surface area contributed by atoms with Crippen molar-refractivity contribution < 1.29 is 0 Å². The van der Waals surface area contributed by atoms with Crippen LogP contribution >= 0.6 is 23.2 Å². The van der Waals surface area contributed by atoms with E-state index >= 15 is 0 Å². The number of benzene rings is 2. The Kier molecular flexibility index (Phi) is 3.45. The van der Waals surface area contributed by atoms with Crippen LogP contribution in [0.4, 0.5) is 0 Å². The Labute approximate surface area is 128 Å². The molecule has 0 amide bonds. The largest absolute Gasteiger partial charge is 0.294 e. The van der Waals surface area contributed by atoms with E-state index in [9.17, 15) is 0 Å². The molecule has 0 saturated heterocycles. The van der Waals surface area contributed by atoms with Gasteiger partial charge in [-0.15, -0.1) is 11.6 Å². The van der Waals surface area contributed by atoms with E-state index in [-0.39, 0.29) is 0 Å². The SMILES string of the molecule is Cc1ccc2c(c1)nc(CCl)n2-c1c(C)cccc1Cl. The minimum atomic E-state index is 0.346. The van der Waals surface area contributed by atoms with Crippen LogP contribution < -0.4 is 0 Å². The van der Waals surface area contributed by atoms with Crippen LogP contribution in [0, 0.1) is 13.8 Å². The predicted octanol–water partition coefficient (Wildman–Crippen LogP) is 5.03. The molecule has 1 heterocycles. The van der Waals surface area contributed by atoms with Crippen molar-refractivity contribution in [2.45, 2.75) is 19.7 Å². The lowest BCUT2D eigenvalue weighted by molar-refractivity contribution is 0.972. The van der Waals surface area contributed by atoms with Gasteiger partial charge in [0.15, 0.2) is 0 Å². The first-order valence-corrected chi connectivity index (χ1v) is 7.32. The molecule has 0 fully saturated rings. The maximum Gasteiger partial charge on any atom is 0.129 e. The fraction of sp³-hybridized carbons (Fsp3) is 0.188. The fourth-order valence-corrected chi connectivity index (χ4v) is 2.97. The number of aryl methyl sites for hydroxylation is 2. The Morgan fingerprint density at radius 2 is 1.95 bits per heavy atom. The normalized spacial score (nSPS) is 11.2. The van der Waals surface area contributed by atoms with Crippen LogP contribution in [0.25, 0.3) is 16.7 Å². The van der Waals surface area contributed by atoms with E-state index in [2.05, 4.69) is 34.7 Å². The molecule has 0 aliphatic carbocycles. The maximum atomic E-state index is 6.39. The van der Waals surface area contributed by atoms with Gasteiger partial charge in [-0.2, -0.15) is 0 Å². The van der Waals surface area contributed by atoms with Gasteiger partial charge in [0.2, 0.25) is 0 Å². The minimum Gasteiger partial charge on any atom is -0.294 e. The number of fused-ring (bicyclic) bond motifs is 1. The molecule has 3 rings (SSSR count). The molecule has 102 valence electrons. The van der Waals surface area contributed by atoms with Crippen LogP contribution in [0.2, 0.25) is 5.02 Å². The van der Waals surface area contributed by atoms with Crippen molar-refractivity contribution in [1.29, 1.82) is 0 Å². The molecule has 1 aromatic heterocycles. The smallest absolute Gasteiger partial charge is 0.129 e. The average molecular weight is 305 g/mol. The molecular formula is C16H14Cl2N2. The molecule has 2 aromatic carbocycles. The molecule has 20 heavy (non-hydrogen) atoms. The van der Waals surface area contributed by atoms with Crippen LogP contribution in [0.3, 0.4) is 0 Å². The van der Waals surface area contributed by atoms with Crippen molar-refractivity contribution in [3.05, 3.63) is 58.4 Å². The third-order valence-corrected chi connectivity index (χ3v) is 3.96. The summed E-state index contributed by atoms with van der Waals surface area (Å²) in [7, 11) is 0. The molecule has 0 aliphatic heterocycles. The van der Waals surface area contributed by atoms with Crippen molar-refractivity contribution in [3.8, 4) is 5.69 Å². The number of para-hydroxylation sites is 1. The number of aromatic nitrogens is 2. The van der Waals surface area contributed by atoms with Crippen molar-refractivity contribution >= 4 is 34.2 Å². The maximum absolute atomic E-state index is 6.39. The van der Waals surface area contributed by atoms with E-state index in [1.807, 2.05) is 25.1 Å². The Morgan fingerprint density at radius 3 is 2.65 bits per heavy atom. The number of alkyl halides is 1. The van der Waals surface area contributed by atoms with Gasteiger partial charge in [-0.1, -0.05) is 29.8 Å². The number of rotatable bonds is 2. The predicted molar refractivity (Wildman–Crippen MR) is 85.1 cm³/mol. The first kappa shape index (κ1) is 13.5. The van der Waals surface area contributed by atoms with Crippen LogP contribution in [0.15, 0.2) is 36.4 Å². The molecule has 0 spiro atoms. The molecule has 0 aliphatic rings. The summed E-state index contributed by atoms with van der Waals surface area (Å²) < 4.78 is 2.06. The highest BCUT2D eigenvalue weighted by atomic mass is 35.5. The Hall–Kier alpha value is -1.51. The average Bonchev–Trinajstić information content (AvgIpc) is 2.76. The van der Waals surface area contributed by atoms with Gasteiger partial charge in [0.1, 0.15) is 5.82 Å². The highest BCUT2D eigenvalue weighted by Gasteiger charge is 2.15. The summed E-state index contributed by atoms with van der Waals surface area (Å²) in [5.41, 5.74) is 5.21. The first-order valence-electron chi connectivity index (χ1n) is 6.41. The third kappa shape index (κ3) is 2.09. The van der Waals surface area contributed by atoms with Crippen LogP contribution in [-0.4, -0.2) is 9.55 Å². The van der Waals surface area contributed by atoms with Crippen molar-refractivity contribution in [2.24, 2.45) is 0 Å². The Bertz CT molecular complexity index is 770. The monoisotopic (exact) mass is 304 g/mol. The van der Waals surface area contributed by atoms with Crippen molar-refractivity contribution in [2.75, 3.05) is 0 Å². The fourth-order valence-electron chi connectivity index (χ4n) is 2.49. The van der Waals surface area contributed by atoms with Crippen LogP contribution in [0.5, 0.6) is 0 Å². The molecular weight excluding hydrogens is 291 g/mol. The lowest BCUT2D eigenvalue weighted by Gasteiger charge is -2.13. The van der Waals surface area contributed by atoms with Gasteiger partial charge in [-0.3, -0.25) is 4.57 Å². The van der Waals surface area contributed by atoms with E-state index < -0.39 is 0 Å². The highest BCUT2D eigenvalue weighted by molar-refractivity contribution is 6.32. The number of nitrogens with zero attached hydrogens (tertiary/aromatic N) is 2. The summed E-state index contributed by atoms with van der Waals surface area (Å²) in [5, 5.41) is 0.705.